The van der Waals surface area contributed by atoms with Crippen LogP contribution in [0.1, 0.15) is 13.3 Å². The van der Waals surface area contributed by atoms with Gasteiger partial charge < -0.3 is 9.88 Å². The number of fused-ring (bicyclic) bond motifs is 1. The van der Waals surface area contributed by atoms with E-state index in [1.165, 1.54) is 22.8 Å². The number of benzene rings is 2. The number of nitrogens with one attached hydrogen (secondary N) is 1. The first-order valence-corrected chi connectivity index (χ1v) is 11.4. The third kappa shape index (κ3) is 4.18. The first-order valence-electron chi connectivity index (χ1n) is 8.78. The zero-order valence-corrected chi connectivity index (χ0v) is 17.7. The second kappa shape index (κ2) is 7.96. The summed E-state index contributed by atoms with van der Waals surface area (Å²) in [7, 11) is -2.28. The summed E-state index contributed by atoms with van der Waals surface area (Å²) >= 11 is 1.04. The smallest absolute Gasteiger partial charge is 0.307 e. The lowest BCUT2D eigenvalue weighted by molar-refractivity contribution is -0.117. The summed E-state index contributed by atoms with van der Waals surface area (Å²) in [6, 6.07) is 9.25. The highest BCUT2D eigenvalue weighted by Gasteiger charge is 2.33. The van der Waals surface area contributed by atoms with E-state index in [-0.39, 0.29) is 17.0 Å². The number of rotatable bonds is 6. The van der Waals surface area contributed by atoms with E-state index in [0.717, 1.165) is 33.5 Å². The molecule has 0 aliphatic heterocycles. The van der Waals surface area contributed by atoms with Gasteiger partial charge in [0.15, 0.2) is 0 Å². The molecule has 0 bridgehead atoms. The van der Waals surface area contributed by atoms with Crippen molar-refractivity contribution in [1.29, 1.82) is 0 Å². The van der Waals surface area contributed by atoms with Crippen LogP contribution in [0.5, 0.6) is 0 Å². The Morgan fingerprint density at radius 2 is 1.97 bits per heavy atom. The van der Waals surface area contributed by atoms with Crippen LogP contribution in [-0.2, 0) is 21.9 Å². The van der Waals surface area contributed by atoms with Crippen molar-refractivity contribution in [3.63, 3.8) is 0 Å². The molecule has 154 valence electrons. The van der Waals surface area contributed by atoms with Crippen molar-refractivity contribution in [2.45, 2.75) is 19.4 Å². The molecule has 0 aliphatic carbocycles. The minimum Gasteiger partial charge on any atom is -0.324 e. The van der Waals surface area contributed by atoms with Crippen molar-refractivity contribution >= 4 is 48.9 Å². The minimum atomic E-state index is -3.94. The lowest BCUT2D eigenvalue weighted by Gasteiger charge is -2.30. The fraction of sp³-hybridized carbons (Fsp3) is 0.263. The number of hydrogen-bond acceptors (Lipinski definition) is 5. The predicted molar refractivity (Wildman–Crippen MR) is 113 cm³/mol. The van der Waals surface area contributed by atoms with E-state index in [4.69, 9.17) is 0 Å². The van der Waals surface area contributed by atoms with Crippen LogP contribution in [-0.4, -0.2) is 31.2 Å². The van der Waals surface area contributed by atoms with Crippen LogP contribution in [0.2, 0.25) is 0 Å². The molecule has 1 aromatic heterocycles. The number of halogens is 1. The Hall–Kier alpha value is -2.72. The van der Waals surface area contributed by atoms with E-state index in [0.29, 0.717) is 10.4 Å². The molecule has 1 unspecified atom stereocenters. The van der Waals surface area contributed by atoms with Gasteiger partial charge in [-0.3, -0.25) is 13.9 Å². The first kappa shape index (κ1) is 21.0. The number of thiazole rings is 1. The Balaban J connectivity index is 1.96. The molecule has 3 rings (SSSR count). The standard InChI is InChI=1S/C19H20FN3O4S2/c1-4-14(23(29(3,26)27)15-8-6-5-7-13(15)20)18(24)21-12-9-10-16-17(11-12)28-19(25)22(16)2/h5-11,14H,4H2,1-3H3,(H,21,24). The average molecular weight is 438 g/mol. The van der Waals surface area contributed by atoms with Gasteiger partial charge in [0.2, 0.25) is 15.9 Å². The molecule has 0 saturated heterocycles. The molecule has 1 N–H and O–H groups in total. The van der Waals surface area contributed by atoms with Gasteiger partial charge in [0.25, 0.3) is 0 Å². The van der Waals surface area contributed by atoms with Gasteiger partial charge in [-0.25, -0.2) is 12.8 Å². The lowest BCUT2D eigenvalue weighted by Crippen LogP contribution is -2.47. The number of carbonyl (C=O) groups excluding carboxylic acids is 1. The molecule has 7 nitrogen and oxygen atoms in total. The van der Waals surface area contributed by atoms with Crippen molar-refractivity contribution in [2.24, 2.45) is 7.05 Å². The van der Waals surface area contributed by atoms with Crippen molar-refractivity contribution in [2.75, 3.05) is 15.9 Å². The maximum absolute atomic E-state index is 14.3. The molecule has 1 amide bonds. The predicted octanol–water partition coefficient (Wildman–Crippen LogP) is 2.92. The highest BCUT2D eigenvalue weighted by atomic mass is 32.2. The SMILES string of the molecule is CCC(C(=O)Nc1ccc2c(c1)sc(=O)n2C)N(c1ccccc1F)S(C)(=O)=O. The van der Waals surface area contributed by atoms with Gasteiger partial charge in [-0.2, -0.15) is 0 Å². The number of para-hydroxylation sites is 1. The van der Waals surface area contributed by atoms with Gasteiger partial charge in [0.05, 0.1) is 22.2 Å². The number of amides is 1. The lowest BCUT2D eigenvalue weighted by atomic mass is 10.1. The Morgan fingerprint density at radius 1 is 1.28 bits per heavy atom. The molecule has 1 heterocycles. The second-order valence-electron chi connectivity index (χ2n) is 6.53. The van der Waals surface area contributed by atoms with E-state index >= 15 is 0 Å². The summed E-state index contributed by atoms with van der Waals surface area (Å²) in [6.45, 7) is 1.65. The maximum Gasteiger partial charge on any atom is 0.307 e. The highest BCUT2D eigenvalue weighted by molar-refractivity contribution is 7.92. The van der Waals surface area contributed by atoms with Gasteiger partial charge in [0.1, 0.15) is 11.9 Å². The van der Waals surface area contributed by atoms with E-state index in [1.807, 2.05) is 0 Å². The third-order valence-electron chi connectivity index (χ3n) is 4.48. The van der Waals surface area contributed by atoms with Crippen LogP contribution < -0.4 is 14.5 Å². The molecular weight excluding hydrogens is 417 g/mol. The van der Waals surface area contributed by atoms with Gasteiger partial charge >= 0.3 is 4.87 Å². The maximum atomic E-state index is 14.3. The average Bonchev–Trinajstić information content (AvgIpc) is 2.93. The van der Waals surface area contributed by atoms with Crippen LogP contribution >= 0.6 is 11.3 Å². The zero-order valence-electron chi connectivity index (χ0n) is 16.0. The molecule has 0 aliphatic rings. The third-order valence-corrected chi connectivity index (χ3v) is 6.64. The fourth-order valence-corrected chi connectivity index (χ4v) is 5.23. The summed E-state index contributed by atoms with van der Waals surface area (Å²) in [4.78, 5) is 24.6. The second-order valence-corrected chi connectivity index (χ2v) is 9.39. The van der Waals surface area contributed by atoms with Gasteiger partial charge in [-0.1, -0.05) is 30.4 Å². The van der Waals surface area contributed by atoms with Crippen LogP contribution in [0.4, 0.5) is 15.8 Å². The Bertz CT molecular complexity index is 1230. The number of aryl methyl sites for hydroxylation is 1. The molecule has 0 fully saturated rings. The Morgan fingerprint density at radius 3 is 2.59 bits per heavy atom. The van der Waals surface area contributed by atoms with Crippen molar-refractivity contribution in [1.82, 2.24) is 4.57 Å². The Kier molecular flexibility index (Phi) is 5.76. The number of sulfonamides is 1. The quantitative estimate of drug-likeness (QED) is 0.642. The normalized spacial score (nSPS) is 12.7. The van der Waals surface area contributed by atoms with Crippen LogP contribution in [0, 0.1) is 5.82 Å². The van der Waals surface area contributed by atoms with Gasteiger partial charge in [0, 0.05) is 12.7 Å². The number of carbonyl (C=O) groups is 1. The molecule has 29 heavy (non-hydrogen) atoms. The van der Waals surface area contributed by atoms with Gasteiger partial charge in [-0.15, -0.1) is 0 Å². The van der Waals surface area contributed by atoms with Crippen molar-refractivity contribution in [3.8, 4) is 0 Å². The highest BCUT2D eigenvalue weighted by Crippen LogP contribution is 2.27. The number of nitrogens with zero attached hydrogens (tertiary/aromatic N) is 2. The molecule has 2 aromatic carbocycles. The topological polar surface area (TPSA) is 88.5 Å². The van der Waals surface area contributed by atoms with Crippen LogP contribution in [0.3, 0.4) is 0 Å². The molecule has 0 spiro atoms. The molecule has 0 saturated carbocycles. The number of hydrogen-bond donors (Lipinski definition) is 1. The number of anilines is 2. The van der Waals surface area contributed by atoms with Gasteiger partial charge in [-0.05, 0) is 36.8 Å². The zero-order chi connectivity index (χ0) is 21.3. The number of aromatic nitrogens is 1. The molecule has 0 radical (unpaired) electrons. The van der Waals surface area contributed by atoms with E-state index in [1.54, 1.807) is 32.2 Å². The molecular formula is C19H20FN3O4S2. The summed E-state index contributed by atoms with van der Waals surface area (Å²) in [5.74, 6) is -1.33. The van der Waals surface area contributed by atoms with E-state index in [9.17, 15) is 22.4 Å². The largest absolute Gasteiger partial charge is 0.324 e. The molecule has 1 atom stereocenters. The molecule has 3 aromatic rings. The van der Waals surface area contributed by atoms with Crippen molar-refractivity contribution in [3.05, 3.63) is 57.9 Å². The molecule has 10 heteroatoms. The van der Waals surface area contributed by atoms with E-state index in [2.05, 4.69) is 5.32 Å². The first-order chi connectivity index (χ1) is 13.6. The van der Waals surface area contributed by atoms with E-state index < -0.39 is 27.8 Å². The van der Waals surface area contributed by atoms with Crippen molar-refractivity contribution < 1.29 is 17.6 Å². The summed E-state index contributed by atoms with van der Waals surface area (Å²) in [5.41, 5.74) is 0.965. The monoisotopic (exact) mass is 437 g/mol. The summed E-state index contributed by atoms with van der Waals surface area (Å²) < 4.78 is 42.1. The fourth-order valence-electron chi connectivity index (χ4n) is 3.10. The summed E-state index contributed by atoms with van der Waals surface area (Å²) in [6.07, 6.45) is 1.07. The minimum absolute atomic E-state index is 0.127. The summed E-state index contributed by atoms with van der Waals surface area (Å²) in [5, 5.41) is 2.68. The Labute approximate surface area is 171 Å². The van der Waals surface area contributed by atoms with Crippen LogP contribution in [0.25, 0.3) is 10.2 Å². The van der Waals surface area contributed by atoms with Crippen LogP contribution in [0.15, 0.2) is 47.3 Å².